The van der Waals surface area contributed by atoms with Crippen LogP contribution in [-0.2, 0) is 4.79 Å². The van der Waals surface area contributed by atoms with Crippen LogP contribution in [0.5, 0.6) is 0 Å². The zero-order valence-corrected chi connectivity index (χ0v) is 15.6. The fourth-order valence-electron chi connectivity index (χ4n) is 3.73. The summed E-state index contributed by atoms with van der Waals surface area (Å²) < 4.78 is 31.4. The van der Waals surface area contributed by atoms with E-state index in [1.54, 1.807) is 11.6 Å². The number of anilines is 1. The highest BCUT2D eigenvalue weighted by Gasteiger charge is 2.36. The van der Waals surface area contributed by atoms with E-state index in [1.807, 2.05) is 24.3 Å². The number of amides is 1. The second kappa shape index (κ2) is 6.20. The molecule has 8 heteroatoms. The lowest BCUT2D eigenvalue weighted by Gasteiger charge is -2.24. The van der Waals surface area contributed by atoms with Crippen LogP contribution >= 0.6 is 11.3 Å². The fraction of sp³-hybridized carbons (Fsp3) is 0.150. The second-order valence-electron chi connectivity index (χ2n) is 6.66. The van der Waals surface area contributed by atoms with Gasteiger partial charge in [0, 0.05) is 23.5 Å². The van der Waals surface area contributed by atoms with Gasteiger partial charge in [0.2, 0.25) is 11.0 Å². The van der Waals surface area contributed by atoms with Crippen LogP contribution in [0.4, 0.5) is 14.6 Å². The first kappa shape index (κ1) is 17.0. The third kappa shape index (κ3) is 2.52. The average Bonchev–Trinajstić information content (AvgIpc) is 3.22. The number of benzene rings is 2. The molecule has 4 aromatic rings. The number of hydrogen-bond donors (Lipinski definition) is 1. The summed E-state index contributed by atoms with van der Waals surface area (Å²) in [6, 6.07) is 11.4. The minimum absolute atomic E-state index is 0.0444. The van der Waals surface area contributed by atoms with Gasteiger partial charge in [0.1, 0.15) is 17.5 Å². The van der Waals surface area contributed by atoms with Crippen molar-refractivity contribution in [3.05, 3.63) is 70.9 Å². The third-order valence-corrected chi connectivity index (χ3v) is 5.93. The molecule has 1 atom stereocenters. The zero-order chi connectivity index (χ0) is 19.4. The Bertz CT molecular complexity index is 1190. The van der Waals surface area contributed by atoms with Crippen molar-refractivity contribution in [2.75, 3.05) is 5.32 Å². The highest BCUT2D eigenvalue weighted by Crippen LogP contribution is 2.42. The predicted octanol–water partition coefficient (Wildman–Crippen LogP) is 4.54. The molecule has 0 spiro atoms. The lowest BCUT2D eigenvalue weighted by atomic mass is 9.85. The molecule has 2 aromatic heterocycles. The average molecular weight is 396 g/mol. The van der Waals surface area contributed by atoms with E-state index in [9.17, 15) is 13.6 Å². The van der Waals surface area contributed by atoms with Gasteiger partial charge in [0.25, 0.3) is 0 Å². The Morgan fingerprint density at radius 3 is 2.61 bits per heavy atom. The van der Waals surface area contributed by atoms with Crippen molar-refractivity contribution in [2.24, 2.45) is 0 Å². The number of para-hydroxylation sites is 1. The molecule has 0 bridgehead atoms. The number of aromatic nitrogens is 3. The third-order valence-electron chi connectivity index (χ3n) is 4.91. The van der Waals surface area contributed by atoms with Crippen LogP contribution in [0.25, 0.3) is 15.3 Å². The summed E-state index contributed by atoms with van der Waals surface area (Å²) in [6.07, 6.45) is -0.0444. The summed E-state index contributed by atoms with van der Waals surface area (Å²) in [5, 5.41) is 7.93. The topological polar surface area (TPSA) is 59.8 Å². The summed E-state index contributed by atoms with van der Waals surface area (Å²) in [6.45, 7) is 1.77. The van der Waals surface area contributed by atoms with Crippen LogP contribution in [0.3, 0.4) is 0 Å². The van der Waals surface area contributed by atoms with Crippen molar-refractivity contribution >= 4 is 33.3 Å². The molecule has 0 radical (unpaired) electrons. The van der Waals surface area contributed by atoms with E-state index in [2.05, 4.69) is 15.4 Å². The van der Waals surface area contributed by atoms with Crippen molar-refractivity contribution in [3.8, 4) is 5.13 Å². The first-order valence-electron chi connectivity index (χ1n) is 8.72. The zero-order valence-electron chi connectivity index (χ0n) is 14.7. The van der Waals surface area contributed by atoms with E-state index >= 15 is 0 Å². The quantitative estimate of drug-likeness (QED) is 0.541. The lowest BCUT2D eigenvalue weighted by Crippen LogP contribution is -2.26. The molecule has 5 rings (SSSR count). The van der Waals surface area contributed by atoms with Crippen LogP contribution in [0, 0.1) is 18.6 Å². The predicted molar refractivity (Wildman–Crippen MR) is 103 cm³/mol. The Balaban J connectivity index is 1.72. The second-order valence-corrected chi connectivity index (χ2v) is 7.67. The molecule has 1 N–H and O–H groups in total. The smallest absolute Gasteiger partial charge is 0.226 e. The molecule has 28 heavy (non-hydrogen) atoms. The van der Waals surface area contributed by atoms with Crippen LogP contribution < -0.4 is 5.32 Å². The Morgan fingerprint density at radius 1 is 1.11 bits per heavy atom. The van der Waals surface area contributed by atoms with E-state index in [0.29, 0.717) is 22.2 Å². The molecular weight excluding hydrogens is 382 g/mol. The molecule has 0 unspecified atom stereocenters. The van der Waals surface area contributed by atoms with Crippen molar-refractivity contribution < 1.29 is 13.6 Å². The molecule has 140 valence electrons. The van der Waals surface area contributed by atoms with E-state index < -0.39 is 17.6 Å². The van der Waals surface area contributed by atoms with Crippen LogP contribution in [0.15, 0.2) is 42.5 Å². The number of rotatable bonds is 2. The summed E-state index contributed by atoms with van der Waals surface area (Å²) in [5.41, 5.74) is 1.93. The number of carbonyl (C=O) groups is 1. The molecule has 3 heterocycles. The fourth-order valence-corrected chi connectivity index (χ4v) is 4.65. The van der Waals surface area contributed by atoms with Gasteiger partial charge in [0.05, 0.1) is 15.9 Å². The molecule has 1 amide bonds. The molecule has 0 saturated carbocycles. The molecule has 0 saturated heterocycles. The number of hydrogen-bond acceptors (Lipinski definition) is 4. The summed E-state index contributed by atoms with van der Waals surface area (Å²) >= 11 is 1.43. The number of halogens is 2. The normalized spacial score (nSPS) is 16.2. The molecule has 0 aliphatic carbocycles. The SMILES string of the molecule is Cc1nn(-c2nc3ccccc3s2)c2c1[C@H](c1c(F)cccc1F)CC(=O)N2. The van der Waals surface area contributed by atoms with E-state index in [0.717, 1.165) is 10.2 Å². The van der Waals surface area contributed by atoms with Gasteiger partial charge in [-0.25, -0.2) is 13.8 Å². The number of nitrogens with zero attached hydrogens (tertiary/aromatic N) is 3. The monoisotopic (exact) mass is 396 g/mol. The maximum atomic E-state index is 14.4. The van der Waals surface area contributed by atoms with Crippen molar-refractivity contribution in [2.45, 2.75) is 19.3 Å². The molecule has 2 aromatic carbocycles. The van der Waals surface area contributed by atoms with Gasteiger partial charge in [-0.15, -0.1) is 0 Å². The molecular formula is C20H14F2N4OS. The number of fused-ring (bicyclic) bond motifs is 2. The summed E-state index contributed by atoms with van der Waals surface area (Å²) in [4.78, 5) is 17.0. The highest BCUT2D eigenvalue weighted by atomic mass is 32.1. The minimum Gasteiger partial charge on any atom is -0.310 e. The van der Waals surface area contributed by atoms with E-state index in [4.69, 9.17) is 0 Å². The Hall–Kier alpha value is -3.13. The minimum atomic E-state index is -0.743. The lowest BCUT2D eigenvalue weighted by molar-refractivity contribution is -0.116. The van der Waals surface area contributed by atoms with Crippen molar-refractivity contribution in [1.82, 2.24) is 14.8 Å². The Kier molecular flexibility index (Phi) is 3.77. The van der Waals surface area contributed by atoms with E-state index in [-0.39, 0.29) is 17.9 Å². The number of carbonyl (C=O) groups excluding carboxylic acids is 1. The van der Waals surface area contributed by atoms with Gasteiger partial charge in [-0.05, 0) is 31.2 Å². The van der Waals surface area contributed by atoms with Gasteiger partial charge in [0.15, 0.2) is 0 Å². The van der Waals surface area contributed by atoms with Crippen LogP contribution in [-0.4, -0.2) is 20.7 Å². The maximum absolute atomic E-state index is 14.4. The summed E-state index contributed by atoms with van der Waals surface area (Å²) in [5.74, 6) is -1.98. The Labute approximate surface area is 162 Å². The van der Waals surface area contributed by atoms with Crippen molar-refractivity contribution in [3.63, 3.8) is 0 Å². The van der Waals surface area contributed by atoms with Gasteiger partial charge in [-0.1, -0.05) is 29.5 Å². The first-order chi connectivity index (χ1) is 13.5. The van der Waals surface area contributed by atoms with Gasteiger partial charge in [-0.2, -0.15) is 9.78 Å². The van der Waals surface area contributed by atoms with Gasteiger partial charge in [-0.3, -0.25) is 4.79 Å². The molecule has 0 fully saturated rings. The first-order valence-corrected chi connectivity index (χ1v) is 9.54. The highest BCUT2D eigenvalue weighted by molar-refractivity contribution is 7.20. The standard InChI is InChI=1S/C20H14F2N4OS/c1-10-17-11(18-12(21)5-4-6-13(18)22)9-16(27)24-19(17)26(25-10)20-23-14-7-2-3-8-15(14)28-20/h2-8,11H,9H2,1H3,(H,24,27)/t11-/m1/s1. The largest absolute Gasteiger partial charge is 0.310 e. The van der Waals surface area contributed by atoms with Gasteiger partial charge < -0.3 is 5.32 Å². The van der Waals surface area contributed by atoms with E-state index in [1.165, 1.54) is 29.5 Å². The Morgan fingerprint density at radius 2 is 1.86 bits per heavy atom. The molecule has 1 aliphatic rings. The van der Waals surface area contributed by atoms with Crippen LogP contribution in [0.1, 0.15) is 29.2 Å². The maximum Gasteiger partial charge on any atom is 0.226 e. The van der Waals surface area contributed by atoms with Crippen LogP contribution in [0.2, 0.25) is 0 Å². The van der Waals surface area contributed by atoms with Gasteiger partial charge >= 0.3 is 0 Å². The van der Waals surface area contributed by atoms with Crippen molar-refractivity contribution in [1.29, 1.82) is 0 Å². The number of nitrogens with one attached hydrogen (secondary N) is 1. The molecule has 1 aliphatic heterocycles. The number of aryl methyl sites for hydroxylation is 1. The summed E-state index contributed by atoms with van der Waals surface area (Å²) in [7, 11) is 0. The number of thiazole rings is 1. The molecule has 5 nitrogen and oxygen atoms in total.